The molecule has 0 radical (unpaired) electrons. The van der Waals surface area contributed by atoms with Crippen LogP contribution in [0.25, 0.3) is 0 Å². The zero-order chi connectivity index (χ0) is 17.8. The van der Waals surface area contributed by atoms with Gasteiger partial charge in [0.15, 0.2) is 11.5 Å². The molecule has 0 fully saturated rings. The second-order valence-corrected chi connectivity index (χ2v) is 6.75. The highest BCUT2D eigenvalue weighted by Gasteiger charge is 2.21. The Hall–Kier alpha value is -2.27. The van der Waals surface area contributed by atoms with Crippen molar-refractivity contribution in [1.82, 2.24) is 10.3 Å². The molecule has 0 aliphatic carbocycles. The fraction of sp³-hybridized carbons (Fsp3) is 0.368. The molecule has 132 valence electrons. The molecule has 2 aromatic rings. The summed E-state index contributed by atoms with van der Waals surface area (Å²) in [5.74, 6) is 1.40. The molecule has 0 saturated carbocycles. The Morgan fingerprint density at radius 1 is 1.28 bits per heavy atom. The average Bonchev–Trinajstić information content (AvgIpc) is 2.61. The van der Waals surface area contributed by atoms with Gasteiger partial charge in [0.25, 0.3) is 0 Å². The summed E-state index contributed by atoms with van der Waals surface area (Å²) in [5, 5.41) is 3.58. The molecule has 0 saturated heterocycles. The fourth-order valence-electron chi connectivity index (χ4n) is 2.83. The summed E-state index contributed by atoms with van der Waals surface area (Å²) >= 11 is 6.30. The van der Waals surface area contributed by atoms with Gasteiger partial charge in [0.2, 0.25) is 5.91 Å². The molecule has 2 heterocycles. The average molecular weight is 361 g/mol. The van der Waals surface area contributed by atoms with Crippen LogP contribution in [0, 0.1) is 5.92 Å². The first kappa shape index (κ1) is 17.5. The number of nitrogens with zero attached hydrogens (tertiary/aromatic N) is 1. The zero-order valence-corrected chi connectivity index (χ0v) is 15.0. The van der Waals surface area contributed by atoms with Crippen LogP contribution in [0.3, 0.4) is 0 Å². The van der Waals surface area contributed by atoms with Crippen LogP contribution in [-0.4, -0.2) is 24.1 Å². The number of hydrogen-bond donors (Lipinski definition) is 1. The summed E-state index contributed by atoms with van der Waals surface area (Å²) in [6, 6.07) is 7.23. The van der Waals surface area contributed by atoms with Crippen LogP contribution in [0.1, 0.15) is 31.0 Å². The molecule has 5 nitrogen and oxygen atoms in total. The quantitative estimate of drug-likeness (QED) is 0.885. The number of nitrogens with one attached hydrogen (secondary N) is 1. The lowest BCUT2D eigenvalue weighted by Gasteiger charge is -2.23. The number of amides is 1. The Balaban J connectivity index is 1.73. The second-order valence-electron chi connectivity index (χ2n) is 6.34. The lowest BCUT2D eigenvalue weighted by molar-refractivity contribution is -0.121. The lowest BCUT2D eigenvalue weighted by Crippen LogP contribution is -2.33. The Bertz CT molecular complexity index is 750. The van der Waals surface area contributed by atoms with E-state index in [2.05, 4.69) is 24.1 Å². The number of rotatable bonds is 5. The van der Waals surface area contributed by atoms with Crippen molar-refractivity contribution < 1.29 is 14.3 Å². The molecule has 1 unspecified atom stereocenters. The minimum absolute atomic E-state index is 0.0962. The predicted octanol–water partition coefficient (Wildman–Crippen LogP) is 3.56. The van der Waals surface area contributed by atoms with E-state index in [0.717, 1.165) is 11.1 Å². The van der Waals surface area contributed by atoms with E-state index in [4.69, 9.17) is 21.1 Å². The third-order valence-electron chi connectivity index (χ3n) is 4.09. The van der Waals surface area contributed by atoms with Gasteiger partial charge >= 0.3 is 0 Å². The maximum absolute atomic E-state index is 12.6. The molecule has 1 atom stereocenters. The van der Waals surface area contributed by atoms with Gasteiger partial charge in [-0.3, -0.25) is 9.78 Å². The molecule has 1 aliphatic heterocycles. The summed E-state index contributed by atoms with van der Waals surface area (Å²) in [6.07, 6.45) is 3.68. The van der Waals surface area contributed by atoms with E-state index in [1.165, 1.54) is 0 Å². The van der Waals surface area contributed by atoms with E-state index >= 15 is 0 Å². The van der Waals surface area contributed by atoms with Crippen molar-refractivity contribution in [3.05, 3.63) is 52.8 Å². The van der Waals surface area contributed by atoms with Crippen LogP contribution in [-0.2, 0) is 11.2 Å². The maximum atomic E-state index is 12.6. The van der Waals surface area contributed by atoms with E-state index in [1.54, 1.807) is 24.5 Å². The van der Waals surface area contributed by atoms with Crippen molar-refractivity contribution >= 4 is 17.5 Å². The number of ether oxygens (including phenoxy) is 2. The van der Waals surface area contributed by atoms with Crippen molar-refractivity contribution in [2.45, 2.75) is 26.3 Å². The van der Waals surface area contributed by atoms with Crippen molar-refractivity contribution in [1.29, 1.82) is 0 Å². The molecule has 3 rings (SSSR count). The van der Waals surface area contributed by atoms with Crippen molar-refractivity contribution in [2.75, 3.05) is 13.2 Å². The van der Waals surface area contributed by atoms with Crippen LogP contribution in [0.5, 0.6) is 11.5 Å². The Morgan fingerprint density at radius 2 is 2.00 bits per heavy atom. The van der Waals surface area contributed by atoms with Crippen molar-refractivity contribution in [2.24, 2.45) is 5.92 Å². The summed E-state index contributed by atoms with van der Waals surface area (Å²) < 4.78 is 11.1. The monoisotopic (exact) mass is 360 g/mol. The highest BCUT2D eigenvalue weighted by molar-refractivity contribution is 6.31. The topological polar surface area (TPSA) is 60.5 Å². The normalized spacial score (nSPS) is 14.2. The van der Waals surface area contributed by atoms with E-state index in [0.29, 0.717) is 29.7 Å². The number of benzene rings is 1. The number of carbonyl (C=O) groups excluding carboxylic acids is 1. The minimum atomic E-state index is -0.0998. The Labute approximate surface area is 152 Å². The Kier molecular flexibility index (Phi) is 5.43. The van der Waals surface area contributed by atoms with Gasteiger partial charge in [-0.15, -0.1) is 0 Å². The van der Waals surface area contributed by atoms with Crippen LogP contribution in [0.2, 0.25) is 5.02 Å². The number of fused-ring (bicyclic) bond motifs is 1. The first-order chi connectivity index (χ1) is 12.0. The lowest BCUT2D eigenvalue weighted by atomic mass is 9.97. The molecule has 1 aliphatic rings. The van der Waals surface area contributed by atoms with Gasteiger partial charge in [0.05, 0.1) is 12.5 Å². The number of aromatic nitrogens is 1. The van der Waals surface area contributed by atoms with E-state index < -0.39 is 0 Å². The molecule has 1 amide bonds. The predicted molar refractivity (Wildman–Crippen MR) is 96.1 cm³/mol. The zero-order valence-electron chi connectivity index (χ0n) is 14.3. The standard InChI is InChI=1S/C19H21ClN2O3/c1-12(2)19(13-4-3-5-21-11-13)22-18(23)9-14-8-16-17(10-15(14)20)25-7-6-24-16/h3-5,8,10-12,19H,6-7,9H2,1-2H3,(H,22,23). The van der Waals surface area contributed by atoms with Gasteiger partial charge < -0.3 is 14.8 Å². The van der Waals surface area contributed by atoms with E-state index in [1.807, 2.05) is 12.1 Å². The van der Waals surface area contributed by atoms with Gasteiger partial charge in [-0.1, -0.05) is 31.5 Å². The van der Waals surface area contributed by atoms with E-state index in [-0.39, 0.29) is 24.3 Å². The third-order valence-corrected chi connectivity index (χ3v) is 4.44. The molecule has 1 N–H and O–H groups in total. The smallest absolute Gasteiger partial charge is 0.224 e. The summed E-state index contributed by atoms with van der Waals surface area (Å²) in [7, 11) is 0. The number of halogens is 1. The number of hydrogen-bond acceptors (Lipinski definition) is 4. The minimum Gasteiger partial charge on any atom is -0.486 e. The molecule has 0 bridgehead atoms. The van der Waals surface area contributed by atoms with Gasteiger partial charge in [-0.25, -0.2) is 0 Å². The van der Waals surface area contributed by atoms with Gasteiger partial charge in [0, 0.05) is 23.5 Å². The van der Waals surface area contributed by atoms with Crippen LogP contribution >= 0.6 is 11.6 Å². The van der Waals surface area contributed by atoms with Gasteiger partial charge in [-0.2, -0.15) is 0 Å². The molecular formula is C19H21ClN2O3. The van der Waals surface area contributed by atoms with Crippen molar-refractivity contribution in [3.63, 3.8) is 0 Å². The molecule has 0 spiro atoms. The first-order valence-corrected chi connectivity index (χ1v) is 8.69. The highest BCUT2D eigenvalue weighted by Crippen LogP contribution is 2.35. The Morgan fingerprint density at radius 3 is 2.64 bits per heavy atom. The molecule has 1 aromatic carbocycles. The number of pyridine rings is 1. The summed E-state index contributed by atoms with van der Waals surface area (Å²) in [5.41, 5.74) is 1.70. The largest absolute Gasteiger partial charge is 0.486 e. The molecule has 6 heteroatoms. The molecule has 25 heavy (non-hydrogen) atoms. The highest BCUT2D eigenvalue weighted by atomic mass is 35.5. The van der Waals surface area contributed by atoms with Gasteiger partial charge in [-0.05, 0) is 29.2 Å². The van der Waals surface area contributed by atoms with E-state index in [9.17, 15) is 4.79 Å². The fourth-order valence-corrected chi connectivity index (χ4v) is 3.05. The molecule has 1 aromatic heterocycles. The van der Waals surface area contributed by atoms with Crippen molar-refractivity contribution in [3.8, 4) is 11.5 Å². The van der Waals surface area contributed by atoms with Crippen LogP contribution < -0.4 is 14.8 Å². The summed E-state index contributed by atoms with van der Waals surface area (Å²) in [6.45, 7) is 5.13. The maximum Gasteiger partial charge on any atom is 0.224 e. The SMILES string of the molecule is CC(C)C(NC(=O)Cc1cc2c(cc1Cl)OCCO2)c1cccnc1. The number of carbonyl (C=O) groups is 1. The first-order valence-electron chi connectivity index (χ1n) is 8.32. The summed E-state index contributed by atoms with van der Waals surface area (Å²) in [4.78, 5) is 16.7. The second kappa shape index (κ2) is 7.74. The van der Waals surface area contributed by atoms with Crippen LogP contribution in [0.4, 0.5) is 0 Å². The van der Waals surface area contributed by atoms with Gasteiger partial charge in [0.1, 0.15) is 13.2 Å². The molecular weight excluding hydrogens is 340 g/mol. The van der Waals surface area contributed by atoms with Crippen LogP contribution in [0.15, 0.2) is 36.7 Å². The third kappa shape index (κ3) is 4.23.